The number of rotatable bonds is 7. The molecule has 2 aromatic rings. The summed E-state index contributed by atoms with van der Waals surface area (Å²) in [5.74, 6) is -0.926. The number of carbonyl (C=O) groups excluding carboxylic acids is 2. The minimum Gasteiger partial charge on any atom is -0.373 e. The summed E-state index contributed by atoms with van der Waals surface area (Å²) in [6.07, 6.45) is -0.354. The summed E-state index contributed by atoms with van der Waals surface area (Å²) in [6.45, 7) is 2.52. The topological polar surface area (TPSA) is 65.1 Å². The van der Waals surface area contributed by atoms with E-state index in [4.69, 9.17) is 4.74 Å². The minimum absolute atomic E-state index is 0.0377. The van der Waals surface area contributed by atoms with Gasteiger partial charge in [0.1, 0.15) is 5.82 Å². The standard InChI is InChI=1S/C23H29FN4O3/c1-26(2)12-13-27(22(29)20-10-6-7-11-21(20)24)16-19-17-28(14-15-31-19)23(30)25-18-8-4-3-5-9-18/h3-11,19H,12-17H2,1-2H3,(H,25,30). The fourth-order valence-corrected chi connectivity index (χ4v) is 3.39. The maximum Gasteiger partial charge on any atom is 0.322 e. The Morgan fingerprint density at radius 1 is 1.10 bits per heavy atom. The molecule has 0 aliphatic carbocycles. The predicted molar refractivity (Wildman–Crippen MR) is 118 cm³/mol. The molecule has 31 heavy (non-hydrogen) atoms. The molecule has 1 atom stereocenters. The van der Waals surface area contributed by atoms with Crippen molar-refractivity contribution in [2.45, 2.75) is 6.10 Å². The van der Waals surface area contributed by atoms with E-state index in [1.54, 1.807) is 21.9 Å². The second-order valence-electron chi connectivity index (χ2n) is 7.77. The average molecular weight is 429 g/mol. The quantitative estimate of drug-likeness (QED) is 0.737. The number of morpholine rings is 1. The van der Waals surface area contributed by atoms with E-state index in [2.05, 4.69) is 5.32 Å². The van der Waals surface area contributed by atoms with Gasteiger partial charge in [0.25, 0.3) is 5.91 Å². The summed E-state index contributed by atoms with van der Waals surface area (Å²) in [5, 5.41) is 2.88. The predicted octanol–water partition coefficient (Wildman–Crippen LogP) is 2.76. The van der Waals surface area contributed by atoms with Crippen LogP contribution in [0.15, 0.2) is 54.6 Å². The van der Waals surface area contributed by atoms with Crippen LogP contribution in [-0.2, 0) is 4.74 Å². The molecular weight excluding hydrogens is 399 g/mol. The maximum absolute atomic E-state index is 14.2. The average Bonchev–Trinajstić information content (AvgIpc) is 2.77. The molecule has 8 heteroatoms. The van der Waals surface area contributed by atoms with Gasteiger partial charge in [-0.25, -0.2) is 9.18 Å². The highest BCUT2D eigenvalue weighted by atomic mass is 19.1. The van der Waals surface area contributed by atoms with Crippen LogP contribution in [0.3, 0.4) is 0 Å². The van der Waals surface area contributed by atoms with Gasteiger partial charge in [-0.3, -0.25) is 4.79 Å². The number of carbonyl (C=O) groups is 2. The van der Waals surface area contributed by atoms with Gasteiger partial charge < -0.3 is 24.8 Å². The molecule has 1 saturated heterocycles. The van der Waals surface area contributed by atoms with Gasteiger partial charge in [-0.15, -0.1) is 0 Å². The fraction of sp³-hybridized carbons (Fsp3) is 0.391. The fourth-order valence-electron chi connectivity index (χ4n) is 3.39. The van der Waals surface area contributed by atoms with E-state index in [-0.39, 0.29) is 30.2 Å². The van der Waals surface area contributed by atoms with Gasteiger partial charge in [0.2, 0.25) is 0 Å². The first-order chi connectivity index (χ1) is 14.9. The lowest BCUT2D eigenvalue weighted by atomic mass is 10.1. The summed E-state index contributed by atoms with van der Waals surface area (Å²) < 4.78 is 20.0. The van der Waals surface area contributed by atoms with Crippen molar-refractivity contribution in [3.05, 3.63) is 66.0 Å². The minimum atomic E-state index is -0.546. The van der Waals surface area contributed by atoms with Crippen LogP contribution in [-0.4, -0.2) is 86.2 Å². The molecule has 1 N–H and O–H groups in total. The van der Waals surface area contributed by atoms with Crippen molar-refractivity contribution in [2.24, 2.45) is 0 Å². The maximum atomic E-state index is 14.2. The van der Waals surface area contributed by atoms with Gasteiger partial charge in [0.15, 0.2) is 0 Å². The number of para-hydroxylation sites is 1. The SMILES string of the molecule is CN(C)CCN(CC1CN(C(=O)Nc2ccccc2)CCO1)C(=O)c1ccccc1F. The second kappa shape index (κ2) is 10.9. The van der Waals surface area contributed by atoms with E-state index in [9.17, 15) is 14.0 Å². The van der Waals surface area contributed by atoms with Gasteiger partial charge in [-0.2, -0.15) is 0 Å². The van der Waals surface area contributed by atoms with Crippen molar-refractivity contribution in [3.8, 4) is 0 Å². The zero-order chi connectivity index (χ0) is 22.2. The molecule has 0 aromatic heterocycles. The molecule has 1 heterocycles. The van der Waals surface area contributed by atoms with Gasteiger partial charge in [-0.1, -0.05) is 30.3 Å². The number of urea groups is 1. The zero-order valence-corrected chi connectivity index (χ0v) is 18.0. The van der Waals surface area contributed by atoms with Crippen LogP contribution in [0.5, 0.6) is 0 Å². The van der Waals surface area contributed by atoms with Crippen molar-refractivity contribution in [1.29, 1.82) is 0 Å². The molecule has 3 rings (SSSR count). The summed E-state index contributed by atoms with van der Waals surface area (Å²) in [6, 6.07) is 15.0. The normalized spacial score (nSPS) is 16.3. The van der Waals surface area contributed by atoms with E-state index in [0.717, 1.165) is 5.69 Å². The number of ether oxygens (including phenoxy) is 1. The molecule has 1 aliphatic heterocycles. The lowest BCUT2D eigenvalue weighted by molar-refractivity contribution is -0.0266. The first-order valence-corrected chi connectivity index (χ1v) is 10.3. The lowest BCUT2D eigenvalue weighted by Crippen LogP contribution is -2.52. The third-order valence-corrected chi connectivity index (χ3v) is 5.08. The number of nitrogens with one attached hydrogen (secondary N) is 1. The molecule has 0 saturated carbocycles. The Hall–Kier alpha value is -2.97. The van der Waals surface area contributed by atoms with Crippen LogP contribution in [0.2, 0.25) is 0 Å². The van der Waals surface area contributed by atoms with Crippen LogP contribution in [0.25, 0.3) is 0 Å². The molecule has 7 nitrogen and oxygen atoms in total. The number of likely N-dealkylation sites (N-methyl/N-ethyl adjacent to an activating group) is 1. The smallest absolute Gasteiger partial charge is 0.322 e. The monoisotopic (exact) mass is 428 g/mol. The van der Waals surface area contributed by atoms with Crippen molar-refractivity contribution < 1.29 is 18.7 Å². The van der Waals surface area contributed by atoms with E-state index in [1.165, 1.54) is 12.1 Å². The lowest BCUT2D eigenvalue weighted by Gasteiger charge is -2.36. The van der Waals surface area contributed by atoms with Gasteiger partial charge in [-0.05, 0) is 38.4 Å². The van der Waals surface area contributed by atoms with Crippen LogP contribution in [0, 0.1) is 5.82 Å². The molecule has 0 spiro atoms. The van der Waals surface area contributed by atoms with Crippen LogP contribution in [0.1, 0.15) is 10.4 Å². The van der Waals surface area contributed by atoms with E-state index >= 15 is 0 Å². The number of anilines is 1. The van der Waals surface area contributed by atoms with Crippen LogP contribution >= 0.6 is 0 Å². The van der Waals surface area contributed by atoms with Crippen molar-refractivity contribution >= 4 is 17.6 Å². The summed E-state index contributed by atoms with van der Waals surface area (Å²) in [4.78, 5) is 30.9. The van der Waals surface area contributed by atoms with Crippen molar-refractivity contribution in [2.75, 3.05) is 58.7 Å². The molecule has 0 bridgehead atoms. The molecule has 0 radical (unpaired) electrons. The number of benzene rings is 2. The highest BCUT2D eigenvalue weighted by Crippen LogP contribution is 2.15. The Kier molecular flexibility index (Phi) is 7.97. The largest absolute Gasteiger partial charge is 0.373 e. The number of nitrogens with zero attached hydrogens (tertiary/aromatic N) is 3. The first-order valence-electron chi connectivity index (χ1n) is 10.3. The van der Waals surface area contributed by atoms with Crippen LogP contribution in [0.4, 0.5) is 14.9 Å². The third kappa shape index (κ3) is 6.50. The van der Waals surface area contributed by atoms with E-state index < -0.39 is 5.82 Å². The number of hydrogen-bond acceptors (Lipinski definition) is 4. The summed E-state index contributed by atoms with van der Waals surface area (Å²) in [5.41, 5.74) is 0.758. The Bertz CT molecular complexity index is 878. The first kappa shape index (κ1) is 22.7. The Balaban J connectivity index is 1.66. The molecule has 3 amide bonds. The molecular formula is C23H29FN4O3. The number of amides is 3. The number of halogens is 1. The van der Waals surface area contributed by atoms with Crippen molar-refractivity contribution in [3.63, 3.8) is 0 Å². The van der Waals surface area contributed by atoms with E-state index in [0.29, 0.717) is 32.8 Å². The van der Waals surface area contributed by atoms with Gasteiger partial charge in [0.05, 0.1) is 24.8 Å². The molecule has 166 valence electrons. The second-order valence-corrected chi connectivity index (χ2v) is 7.77. The van der Waals surface area contributed by atoms with Crippen molar-refractivity contribution in [1.82, 2.24) is 14.7 Å². The molecule has 1 unspecified atom stereocenters. The Labute approximate surface area is 182 Å². The Morgan fingerprint density at radius 2 is 1.81 bits per heavy atom. The molecule has 1 aliphatic rings. The third-order valence-electron chi connectivity index (χ3n) is 5.08. The van der Waals surface area contributed by atoms with E-state index in [1.807, 2.05) is 49.3 Å². The Morgan fingerprint density at radius 3 is 2.52 bits per heavy atom. The van der Waals surface area contributed by atoms with Gasteiger partial charge >= 0.3 is 6.03 Å². The highest BCUT2D eigenvalue weighted by Gasteiger charge is 2.28. The zero-order valence-electron chi connectivity index (χ0n) is 18.0. The molecule has 2 aromatic carbocycles. The highest BCUT2D eigenvalue weighted by molar-refractivity contribution is 5.94. The number of hydrogen-bond donors (Lipinski definition) is 1. The van der Waals surface area contributed by atoms with Crippen LogP contribution < -0.4 is 5.32 Å². The van der Waals surface area contributed by atoms with Gasteiger partial charge in [0, 0.05) is 31.9 Å². The summed E-state index contributed by atoms with van der Waals surface area (Å²) >= 11 is 0. The summed E-state index contributed by atoms with van der Waals surface area (Å²) in [7, 11) is 3.83. The molecule has 1 fully saturated rings.